The van der Waals surface area contributed by atoms with E-state index in [0.717, 1.165) is 0 Å². The number of hydrogen-bond donors (Lipinski definition) is 3. The summed E-state index contributed by atoms with van der Waals surface area (Å²) in [5, 5.41) is 13.3. The molecular formula is C10H12BrN3O3. The van der Waals surface area contributed by atoms with Gasteiger partial charge in [-0.25, -0.2) is 10.2 Å². The summed E-state index contributed by atoms with van der Waals surface area (Å²) < 4.78 is 5.71. The molecule has 92 valence electrons. The highest BCUT2D eigenvalue weighted by atomic mass is 79.9. The van der Waals surface area contributed by atoms with Gasteiger partial charge >= 0.3 is 6.03 Å². The second kappa shape index (κ2) is 6.09. The minimum absolute atomic E-state index is 0.0202. The van der Waals surface area contributed by atoms with Gasteiger partial charge < -0.3 is 15.6 Å². The molecule has 1 aromatic carbocycles. The van der Waals surface area contributed by atoms with E-state index in [2.05, 4.69) is 26.5 Å². The Kier molecular flexibility index (Phi) is 4.77. The molecule has 0 bridgehead atoms. The minimum Gasteiger partial charge on any atom is -0.503 e. The van der Waals surface area contributed by atoms with Gasteiger partial charge in [-0.1, -0.05) is 0 Å². The molecule has 0 saturated heterocycles. The molecule has 1 rings (SSSR count). The molecule has 0 aliphatic heterocycles. The van der Waals surface area contributed by atoms with E-state index in [0.29, 0.717) is 22.4 Å². The summed E-state index contributed by atoms with van der Waals surface area (Å²) in [4.78, 5) is 10.4. The molecule has 0 aliphatic rings. The lowest BCUT2D eigenvalue weighted by molar-refractivity contribution is 0.249. The van der Waals surface area contributed by atoms with Crippen molar-refractivity contribution in [1.29, 1.82) is 0 Å². The number of nitrogens with zero attached hydrogens (tertiary/aromatic N) is 1. The molecule has 0 unspecified atom stereocenters. The van der Waals surface area contributed by atoms with Crippen LogP contribution in [0.1, 0.15) is 12.5 Å². The molecule has 0 atom stereocenters. The second-order valence-corrected chi connectivity index (χ2v) is 3.87. The Morgan fingerprint density at radius 3 is 3.00 bits per heavy atom. The summed E-state index contributed by atoms with van der Waals surface area (Å²) in [7, 11) is 0. The number of phenols is 1. The van der Waals surface area contributed by atoms with E-state index >= 15 is 0 Å². The summed E-state index contributed by atoms with van der Waals surface area (Å²) >= 11 is 3.18. The summed E-state index contributed by atoms with van der Waals surface area (Å²) in [6, 6.07) is 2.48. The normalized spacial score (nSPS) is 10.5. The predicted octanol–water partition coefficient (Wildman–Crippen LogP) is 1.56. The smallest absolute Gasteiger partial charge is 0.332 e. The molecular weight excluding hydrogens is 290 g/mol. The monoisotopic (exact) mass is 301 g/mol. The number of carbonyl (C=O) groups excluding carboxylic acids is 1. The first-order chi connectivity index (χ1) is 8.04. The summed E-state index contributed by atoms with van der Waals surface area (Å²) in [6.07, 6.45) is 1.39. The molecule has 4 N–H and O–H groups in total. The number of rotatable bonds is 4. The van der Waals surface area contributed by atoms with Crippen LogP contribution in [-0.2, 0) is 0 Å². The minimum atomic E-state index is -0.746. The van der Waals surface area contributed by atoms with Crippen molar-refractivity contribution < 1.29 is 14.6 Å². The van der Waals surface area contributed by atoms with Crippen molar-refractivity contribution in [2.24, 2.45) is 10.8 Å². The third kappa shape index (κ3) is 3.95. The van der Waals surface area contributed by atoms with Gasteiger partial charge in [0, 0.05) is 0 Å². The van der Waals surface area contributed by atoms with Gasteiger partial charge in [0.15, 0.2) is 11.5 Å². The van der Waals surface area contributed by atoms with Gasteiger partial charge in [-0.2, -0.15) is 5.10 Å². The van der Waals surface area contributed by atoms with Crippen molar-refractivity contribution in [2.75, 3.05) is 6.61 Å². The van der Waals surface area contributed by atoms with Gasteiger partial charge in [-0.15, -0.1) is 0 Å². The molecule has 6 nitrogen and oxygen atoms in total. The number of ether oxygens (including phenoxy) is 1. The average Bonchev–Trinajstić information content (AvgIpc) is 2.25. The van der Waals surface area contributed by atoms with Crippen LogP contribution in [0.5, 0.6) is 11.5 Å². The molecule has 7 heteroatoms. The fourth-order valence-corrected chi connectivity index (χ4v) is 1.56. The molecule has 17 heavy (non-hydrogen) atoms. The first-order valence-corrected chi connectivity index (χ1v) is 5.57. The number of urea groups is 1. The number of aromatic hydroxyl groups is 1. The molecule has 0 aromatic heterocycles. The van der Waals surface area contributed by atoms with E-state index in [9.17, 15) is 9.90 Å². The predicted molar refractivity (Wildman–Crippen MR) is 67.3 cm³/mol. The highest BCUT2D eigenvalue weighted by molar-refractivity contribution is 9.10. The second-order valence-electron chi connectivity index (χ2n) is 3.02. The van der Waals surface area contributed by atoms with Crippen molar-refractivity contribution in [3.8, 4) is 11.5 Å². The summed E-state index contributed by atoms with van der Waals surface area (Å²) in [6.45, 7) is 2.24. The summed E-state index contributed by atoms with van der Waals surface area (Å²) in [5.74, 6) is 0.356. The molecule has 2 amide bonds. The van der Waals surface area contributed by atoms with Crippen LogP contribution >= 0.6 is 15.9 Å². The van der Waals surface area contributed by atoms with Crippen molar-refractivity contribution in [3.05, 3.63) is 22.2 Å². The summed E-state index contributed by atoms with van der Waals surface area (Å²) in [5.41, 5.74) is 7.56. The van der Waals surface area contributed by atoms with Gasteiger partial charge in [0.25, 0.3) is 0 Å². The van der Waals surface area contributed by atoms with Gasteiger partial charge in [0.2, 0.25) is 0 Å². The molecule has 0 saturated carbocycles. The molecule has 0 spiro atoms. The molecule has 0 heterocycles. The molecule has 0 fully saturated rings. The van der Waals surface area contributed by atoms with Gasteiger partial charge in [-0.05, 0) is 40.5 Å². The van der Waals surface area contributed by atoms with Crippen LogP contribution in [0, 0.1) is 0 Å². The van der Waals surface area contributed by atoms with Crippen molar-refractivity contribution in [3.63, 3.8) is 0 Å². The highest BCUT2D eigenvalue weighted by Crippen LogP contribution is 2.34. The SMILES string of the molecule is CCOc1cc(/C=N\NC(N)=O)cc(Br)c1O. The van der Waals surface area contributed by atoms with Crippen LogP contribution in [0.3, 0.4) is 0 Å². The zero-order valence-corrected chi connectivity index (χ0v) is 10.7. The number of benzene rings is 1. The average molecular weight is 302 g/mol. The number of hydrogen-bond acceptors (Lipinski definition) is 4. The lowest BCUT2D eigenvalue weighted by atomic mass is 10.2. The van der Waals surface area contributed by atoms with Crippen molar-refractivity contribution in [2.45, 2.75) is 6.92 Å². The number of amides is 2. The van der Waals surface area contributed by atoms with Crippen LogP contribution in [-0.4, -0.2) is 24.0 Å². The van der Waals surface area contributed by atoms with Crippen LogP contribution in [0.15, 0.2) is 21.7 Å². The Labute approximate surface area is 107 Å². The van der Waals surface area contributed by atoms with Crippen LogP contribution in [0.25, 0.3) is 0 Å². The van der Waals surface area contributed by atoms with Gasteiger partial charge in [-0.3, -0.25) is 0 Å². The largest absolute Gasteiger partial charge is 0.503 e. The maximum absolute atomic E-state index is 10.4. The Hall–Kier alpha value is -1.76. The zero-order chi connectivity index (χ0) is 12.8. The number of carbonyl (C=O) groups is 1. The number of halogens is 1. The van der Waals surface area contributed by atoms with E-state index < -0.39 is 6.03 Å². The third-order valence-electron chi connectivity index (χ3n) is 1.74. The molecule has 0 aliphatic carbocycles. The van der Waals surface area contributed by atoms with E-state index in [1.54, 1.807) is 12.1 Å². The lowest BCUT2D eigenvalue weighted by Gasteiger charge is -2.08. The maximum atomic E-state index is 10.4. The Morgan fingerprint density at radius 2 is 2.41 bits per heavy atom. The topological polar surface area (TPSA) is 96.9 Å². The Bertz CT molecular complexity index is 449. The van der Waals surface area contributed by atoms with E-state index in [1.807, 2.05) is 6.92 Å². The lowest BCUT2D eigenvalue weighted by Crippen LogP contribution is -2.24. The zero-order valence-electron chi connectivity index (χ0n) is 9.11. The first kappa shape index (κ1) is 13.3. The van der Waals surface area contributed by atoms with Gasteiger partial charge in [0.1, 0.15) is 0 Å². The number of nitrogens with two attached hydrogens (primary N) is 1. The highest BCUT2D eigenvalue weighted by Gasteiger charge is 2.08. The number of nitrogens with one attached hydrogen (secondary N) is 1. The van der Waals surface area contributed by atoms with E-state index in [4.69, 9.17) is 10.5 Å². The van der Waals surface area contributed by atoms with E-state index in [-0.39, 0.29) is 5.75 Å². The maximum Gasteiger partial charge on any atom is 0.332 e. The van der Waals surface area contributed by atoms with Crippen LogP contribution in [0.4, 0.5) is 4.79 Å². The fraction of sp³-hybridized carbons (Fsp3) is 0.200. The molecule has 0 radical (unpaired) electrons. The first-order valence-electron chi connectivity index (χ1n) is 4.78. The van der Waals surface area contributed by atoms with E-state index in [1.165, 1.54) is 6.21 Å². The molecule has 1 aromatic rings. The number of phenolic OH excluding ortho intramolecular Hbond substituents is 1. The third-order valence-corrected chi connectivity index (χ3v) is 2.34. The van der Waals surface area contributed by atoms with Crippen molar-refractivity contribution >= 4 is 28.2 Å². The standard InChI is InChI=1S/C10H12BrN3O3/c1-2-17-8-4-6(3-7(11)9(8)15)5-13-14-10(12)16/h3-5,15H,2H2,1H3,(H3,12,14,16)/b13-5-. The van der Waals surface area contributed by atoms with Crippen molar-refractivity contribution in [1.82, 2.24) is 5.43 Å². The fourth-order valence-electron chi connectivity index (χ4n) is 1.10. The Morgan fingerprint density at radius 1 is 1.71 bits per heavy atom. The Balaban J connectivity index is 2.93. The number of primary amides is 1. The quantitative estimate of drug-likeness (QED) is 0.581. The van der Waals surface area contributed by atoms with Crippen LogP contribution in [0.2, 0.25) is 0 Å². The van der Waals surface area contributed by atoms with Crippen LogP contribution < -0.4 is 15.9 Å². The number of hydrazone groups is 1. The van der Waals surface area contributed by atoms with Gasteiger partial charge in [0.05, 0.1) is 17.3 Å².